The van der Waals surface area contributed by atoms with Crippen molar-refractivity contribution in [2.45, 2.75) is 13.8 Å². The lowest BCUT2D eigenvalue weighted by molar-refractivity contribution is -0.113. The number of amides is 1. The van der Waals surface area contributed by atoms with Crippen LogP contribution in [0.1, 0.15) is 11.4 Å². The van der Waals surface area contributed by atoms with E-state index >= 15 is 0 Å². The third-order valence-electron chi connectivity index (χ3n) is 3.25. The first-order valence-corrected chi connectivity index (χ1v) is 8.29. The van der Waals surface area contributed by atoms with Crippen molar-refractivity contribution in [3.63, 3.8) is 0 Å². The number of aryl methyl sites for hydroxylation is 2. The highest BCUT2D eigenvalue weighted by Gasteiger charge is 2.12. The summed E-state index contributed by atoms with van der Waals surface area (Å²) in [6.45, 7) is 4.42. The highest BCUT2D eigenvalue weighted by atomic mass is 32.2. The molecule has 1 N–H and O–H groups in total. The van der Waals surface area contributed by atoms with Crippen LogP contribution >= 0.6 is 11.8 Å². The first-order chi connectivity index (χ1) is 10.6. The molecule has 1 aromatic carbocycles. The molecular weight excluding hydrogens is 298 g/mol. The number of thioether (sulfide) groups is 1. The number of benzene rings is 1. The number of carbonyl (C=O) groups is 1. The molecule has 1 heterocycles. The van der Waals surface area contributed by atoms with Crippen molar-refractivity contribution in [1.29, 1.82) is 0 Å². The van der Waals surface area contributed by atoms with Crippen LogP contribution in [-0.4, -0.2) is 33.8 Å². The van der Waals surface area contributed by atoms with E-state index in [2.05, 4.69) is 10.4 Å². The minimum atomic E-state index is -0.0103. The van der Waals surface area contributed by atoms with Gasteiger partial charge in [0, 0.05) is 12.8 Å². The van der Waals surface area contributed by atoms with E-state index in [9.17, 15) is 4.79 Å². The normalized spacial score (nSPS) is 10.5. The van der Waals surface area contributed by atoms with Gasteiger partial charge in [-0.3, -0.25) is 9.48 Å². The molecular formula is C16H21N3O2S. The van der Waals surface area contributed by atoms with E-state index in [-0.39, 0.29) is 5.91 Å². The zero-order valence-electron chi connectivity index (χ0n) is 13.1. The molecule has 0 aliphatic rings. The topological polar surface area (TPSA) is 56.2 Å². The van der Waals surface area contributed by atoms with Gasteiger partial charge in [-0.25, -0.2) is 0 Å². The Balaban J connectivity index is 1.68. The molecule has 0 saturated heterocycles. The predicted molar refractivity (Wildman–Crippen MR) is 90.6 cm³/mol. The Kier molecular flexibility index (Phi) is 5.89. The van der Waals surface area contributed by atoms with Gasteiger partial charge in [0.15, 0.2) is 0 Å². The summed E-state index contributed by atoms with van der Waals surface area (Å²) in [6, 6.07) is 9.67. The fourth-order valence-corrected chi connectivity index (χ4v) is 2.63. The van der Waals surface area contributed by atoms with Crippen molar-refractivity contribution >= 4 is 23.4 Å². The van der Waals surface area contributed by atoms with Gasteiger partial charge < -0.3 is 10.1 Å². The summed E-state index contributed by atoms with van der Waals surface area (Å²) in [7, 11) is 1.87. The van der Waals surface area contributed by atoms with Crippen LogP contribution in [0.4, 0.5) is 5.69 Å². The van der Waals surface area contributed by atoms with Gasteiger partial charge >= 0.3 is 0 Å². The van der Waals surface area contributed by atoms with Crippen LogP contribution in [0.15, 0.2) is 30.3 Å². The standard InChI is InChI=1S/C16H21N3O2S/c1-12-16(13(2)19(3)18-12)17-15(20)11-22-10-9-21-14-7-5-4-6-8-14/h4-8H,9-11H2,1-3H3,(H,17,20). The molecule has 0 aliphatic carbocycles. The maximum Gasteiger partial charge on any atom is 0.234 e. The van der Waals surface area contributed by atoms with Crippen molar-refractivity contribution < 1.29 is 9.53 Å². The van der Waals surface area contributed by atoms with Crippen LogP contribution in [-0.2, 0) is 11.8 Å². The molecule has 0 fully saturated rings. The van der Waals surface area contributed by atoms with E-state index in [1.54, 1.807) is 16.4 Å². The second-order valence-corrected chi connectivity index (χ2v) is 6.04. The number of ether oxygens (including phenoxy) is 1. The molecule has 1 aromatic heterocycles. The van der Waals surface area contributed by atoms with Crippen LogP contribution in [0.3, 0.4) is 0 Å². The molecule has 0 radical (unpaired) electrons. The van der Waals surface area contributed by atoms with Crippen molar-refractivity contribution in [2.24, 2.45) is 7.05 Å². The molecule has 5 nitrogen and oxygen atoms in total. The number of nitrogens with zero attached hydrogens (tertiary/aromatic N) is 2. The first kappa shape index (κ1) is 16.4. The molecule has 0 spiro atoms. The summed E-state index contributed by atoms with van der Waals surface area (Å²) in [5.74, 6) is 2.03. The van der Waals surface area contributed by atoms with Gasteiger partial charge in [0.05, 0.1) is 29.4 Å². The number of hydrogen-bond acceptors (Lipinski definition) is 4. The molecule has 0 saturated carbocycles. The monoisotopic (exact) mass is 319 g/mol. The quantitative estimate of drug-likeness (QED) is 0.797. The molecule has 6 heteroatoms. The molecule has 2 aromatic rings. The van der Waals surface area contributed by atoms with Crippen LogP contribution in [0, 0.1) is 13.8 Å². The summed E-state index contributed by atoms with van der Waals surface area (Å²) in [5, 5.41) is 7.21. The summed E-state index contributed by atoms with van der Waals surface area (Å²) in [5.41, 5.74) is 2.61. The summed E-state index contributed by atoms with van der Waals surface area (Å²) >= 11 is 1.55. The largest absolute Gasteiger partial charge is 0.493 e. The maximum atomic E-state index is 11.9. The number of aromatic nitrogens is 2. The van der Waals surface area contributed by atoms with Gasteiger partial charge in [-0.05, 0) is 26.0 Å². The zero-order valence-corrected chi connectivity index (χ0v) is 13.9. The number of para-hydroxylation sites is 1. The molecule has 0 unspecified atom stereocenters. The minimum Gasteiger partial charge on any atom is -0.493 e. The lowest BCUT2D eigenvalue weighted by Gasteiger charge is -2.07. The summed E-state index contributed by atoms with van der Waals surface area (Å²) in [6.07, 6.45) is 0. The third kappa shape index (κ3) is 4.53. The molecule has 0 bridgehead atoms. The fraction of sp³-hybridized carbons (Fsp3) is 0.375. The van der Waals surface area contributed by atoms with E-state index < -0.39 is 0 Å². The minimum absolute atomic E-state index is 0.0103. The van der Waals surface area contributed by atoms with Gasteiger partial charge in [-0.15, -0.1) is 11.8 Å². The first-order valence-electron chi connectivity index (χ1n) is 7.13. The smallest absolute Gasteiger partial charge is 0.234 e. The van der Waals surface area contributed by atoms with Crippen molar-refractivity contribution in [2.75, 3.05) is 23.4 Å². The van der Waals surface area contributed by atoms with Gasteiger partial charge in [0.2, 0.25) is 5.91 Å². The summed E-state index contributed by atoms with van der Waals surface area (Å²) < 4.78 is 7.35. The Morgan fingerprint density at radius 1 is 1.32 bits per heavy atom. The second-order valence-electron chi connectivity index (χ2n) is 4.93. The Bertz CT molecular complexity index is 626. The van der Waals surface area contributed by atoms with Crippen LogP contribution in [0.2, 0.25) is 0 Å². The third-order valence-corrected chi connectivity index (χ3v) is 4.17. The Morgan fingerprint density at radius 3 is 2.68 bits per heavy atom. The maximum absolute atomic E-state index is 11.9. The zero-order chi connectivity index (χ0) is 15.9. The van der Waals surface area contributed by atoms with Crippen molar-refractivity contribution in [3.8, 4) is 5.75 Å². The highest BCUT2D eigenvalue weighted by molar-refractivity contribution is 7.99. The van der Waals surface area contributed by atoms with E-state index in [4.69, 9.17) is 4.74 Å². The molecule has 118 valence electrons. The predicted octanol–water partition coefficient (Wildman–Crippen LogP) is 2.79. The number of nitrogens with one attached hydrogen (secondary N) is 1. The van der Waals surface area contributed by atoms with Crippen molar-refractivity contribution in [3.05, 3.63) is 41.7 Å². The SMILES string of the molecule is Cc1nn(C)c(C)c1NC(=O)CSCCOc1ccccc1. The number of carbonyl (C=O) groups excluding carboxylic acids is 1. The molecule has 0 aliphatic heterocycles. The highest BCUT2D eigenvalue weighted by Crippen LogP contribution is 2.18. The second kappa shape index (κ2) is 7.89. The van der Waals surface area contributed by atoms with E-state index in [0.29, 0.717) is 12.4 Å². The van der Waals surface area contributed by atoms with E-state index in [0.717, 1.165) is 28.6 Å². The fourth-order valence-electron chi connectivity index (χ4n) is 2.03. The lowest BCUT2D eigenvalue weighted by Crippen LogP contribution is -2.16. The molecule has 2 rings (SSSR count). The summed E-state index contributed by atoms with van der Waals surface area (Å²) in [4.78, 5) is 11.9. The van der Waals surface area contributed by atoms with Gasteiger partial charge in [0.25, 0.3) is 0 Å². The van der Waals surface area contributed by atoms with E-state index in [1.165, 1.54) is 0 Å². The number of anilines is 1. The van der Waals surface area contributed by atoms with Crippen LogP contribution in [0.5, 0.6) is 5.75 Å². The average Bonchev–Trinajstić information content (AvgIpc) is 2.74. The Morgan fingerprint density at radius 2 is 2.05 bits per heavy atom. The molecule has 1 amide bonds. The van der Waals surface area contributed by atoms with Gasteiger partial charge in [0.1, 0.15) is 5.75 Å². The number of hydrogen-bond donors (Lipinski definition) is 1. The molecule has 0 atom stereocenters. The van der Waals surface area contributed by atoms with Gasteiger partial charge in [-0.1, -0.05) is 18.2 Å². The van der Waals surface area contributed by atoms with Crippen molar-refractivity contribution in [1.82, 2.24) is 9.78 Å². The van der Waals surface area contributed by atoms with Crippen LogP contribution < -0.4 is 10.1 Å². The molecule has 22 heavy (non-hydrogen) atoms. The number of rotatable bonds is 7. The van der Waals surface area contributed by atoms with E-state index in [1.807, 2.05) is 51.2 Å². The lowest BCUT2D eigenvalue weighted by atomic mass is 10.3. The van der Waals surface area contributed by atoms with Gasteiger partial charge in [-0.2, -0.15) is 5.10 Å². The Hall–Kier alpha value is -1.95. The Labute approximate surface area is 135 Å². The van der Waals surface area contributed by atoms with Crippen LogP contribution in [0.25, 0.3) is 0 Å². The average molecular weight is 319 g/mol.